The van der Waals surface area contributed by atoms with Crippen molar-refractivity contribution >= 4 is 55.5 Å². The summed E-state index contributed by atoms with van der Waals surface area (Å²) in [5.74, 6) is 0.708. The zero-order valence-electron chi connectivity index (χ0n) is 27.9. The van der Waals surface area contributed by atoms with Gasteiger partial charge in [0.25, 0.3) is 0 Å². The number of nitrogens with zero attached hydrogens (tertiary/aromatic N) is 1. The van der Waals surface area contributed by atoms with E-state index >= 15 is 0 Å². The molecule has 0 fully saturated rings. The zero-order chi connectivity index (χ0) is 34.1. The molecule has 51 heavy (non-hydrogen) atoms. The Kier molecular flexibility index (Phi) is 7.67. The molecule has 244 valence electrons. The van der Waals surface area contributed by atoms with Crippen molar-refractivity contribution in [1.29, 1.82) is 0 Å². The maximum Gasteiger partial charge on any atom is 0.150 e. The second-order valence-corrected chi connectivity index (χ2v) is 12.7. The predicted octanol–water partition coefficient (Wildman–Crippen LogP) is 12.7. The molecule has 2 N–H and O–H groups in total. The summed E-state index contributed by atoms with van der Waals surface area (Å²) in [6.45, 7) is 0.448. The first-order valence-electron chi connectivity index (χ1n) is 17.1. The summed E-state index contributed by atoms with van der Waals surface area (Å²) in [5, 5.41) is 4.29. The van der Waals surface area contributed by atoms with E-state index in [-0.39, 0.29) is 0 Å². The number of fused-ring (bicyclic) bond motifs is 4. The van der Waals surface area contributed by atoms with Crippen LogP contribution in [0.15, 0.2) is 186 Å². The van der Waals surface area contributed by atoms with Gasteiger partial charge in [-0.15, -0.1) is 0 Å². The minimum Gasteiger partial charge on any atom is -0.486 e. The first-order chi connectivity index (χ1) is 25.2. The van der Waals surface area contributed by atoms with Gasteiger partial charge in [0.05, 0.1) is 11.4 Å². The van der Waals surface area contributed by atoms with Gasteiger partial charge >= 0.3 is 0 Å². The summed E-state index contributed by atoms with van der Waals surface area (Å²) in [6.07, 6.45) is 0. The Morgan fingerprint density at radius 3 is 2.00 bits per heavy atom. The van der Waals surface area contributed by atoms with Crippen LogP contribution in [0.25, 0.3) is 55.0 Å². The third-order valence-electron chi connectivity index (χ3n) is 9.54. The first kappa shape index (κ1) is 30.3. The molecule has 0 atom stereocenters. The van der Waals surface area contributed by atoms with Gasteiger partial charge in [0.2, 0.25) is 0 Å². The van der Waals surface area contributed by atoms with Gasteiger partial charge in [0.15, 0.2) is 5.75 Å². The summed E-state index contributed by atoms with van der Waals surface area (Å²) in [4.78, 5) is 2.31. The van der Waals surface area contributed by atoms with Crippen molar-refractivity contribution in [3.05, 3.63) is 188 Å². The Hall–Kier alpha value is -6.78. The largest absolute Gasteiger partial charge is 0.486 e. The highest BCUT2D eigenvalue weighted by Crippen LogP contribution is 2.43. The molecule has 0 saturated heterocycles. The summed E-state index contributed by atoms with van der Waals surface area (Å²) in [5.41, 5.74) is 17.5. The smallest absolute Gasteiger partial charge is 0.150 e. The highest BCUT2D eigenvalue weighted by atomic mass is 16.5. The van der Waals surface area contributed by atoms with Gasteiger partial charge < -0.3 is 19.8 Å². The van der Waals surface area contributed by atoms with E-state index in [1.165, 1.54) is 0 Å². The van der Waals surface area contributed by atoms with Crippen molar-refractivity contribution in [2.45, 2.75) is 6.61 Å². The third kappa shape index (κ3) is 5.73. The molecule has 0 unspecified atom stereocenters. The SMILES string of the molecule is Nc1ccc2ccc(-c3ccc(N(c4ccc5c(c4)oc4ccccc45)c4ccccc4-c4ccccc4)cc3)cc2c1OCc1ccccc1. The van der Waals surface area contributed by atoms with Crippen LogP contribution in [0.1, 0.15) is 5.56 Å². The average molecular weight is 659 g/mol. The molecular weight excluding hydrogens is 625 g/mol. The quantitative estimate of drug-likeness (QED) is 0.165. The zero-order valence-corrected chi connectivity index (χ0v) is 27.9. The molecule has 0 bridgehead atoms. The van der Waals surface area contributed by atoms with E-state index in [9.17, 15) is 0 Å². The van der Waals surface area contributed by atoms with Gasteiger partial charge in [-0.2, -0.15) is 0 Å². The molecule has 9 aromatic rings. The maximum absolute atomic E-state index is 6.48. The Balaban J connectivity index is 1.13. The van der Waals surface area contributed by atoms with Crippen LogP contribution in [0, 0.1) is 0 Å². The number of furan rings is 1. The Bertz CT molecular complexity index is 2650. The van der Waals surface area contributed by atoms with Crippen molar-refractivity contribution in [3.8, 4) is 28.0 Å². The molecule has 0 spiro atoms. The number of anilines is 4. The van der Waals surface area contributed by atoms with Crippen LogP contribution in [0.3, 0.4) is 0 Å². The number of benzene rings is 8. The Morgan fingerprint density at radius 2 is 1.16 bits per heavy atom. The van der Waals surface area contributed by atoms with Crippen LogP contribution >= 0.6 is 0 Å². The van der Waals surface area contributed by atoms with E-state index in [1.807, 2.05) is 42.5 Å². The molecule has 4 nitrogen and oxygen atoms in total. The van der Waals surface area contributed by atoms with Crippen LogP contribution in [0.2, 0.25) is 0 Å². The normalized spacial score (nSPS) is 11.3. The summed E-state index contributed by atoms with van der Waals surface area (Å²) >= 11 is 0. The standard InChI is InChI=1S/C47H34N2O2/c48-43-28-23-35-19-20-36(29-42(35)47(43)50-31-32-11-3-1-4-12-32)33-21-24-37(25-22-33)49(44-17-9-7-15-39(44)34-13-5-2-6-14-34)38-26-27-41-40-16-8-10-18-45(40)51-46(41)30-38/h1-30H,31,48H2. The molecule has 0 amide bonds. The van der Waals surface area contributed by atoms with Gasteiger partial charge in [0, 0.05) is 39.2 Å². The molecule has 0 aliphatic carbocycles. The van der Waals surface area contributed by atoms with E-state index in [0.29, 0.717) is 18.0 Å². The average Bonchev–Trinajstić information content (AvgIpc) is 3.57. The summed E-state index contributed by atoms with van der Waals surface area (Å²) < 4.78 is 12.7. The number of ether oxygens (including phenoxy) is 1. The number of nitrogens with two attached hydrogens (primary N) is 1. The topological polar surface area (TPSA) is 51.6 Å². The van der Waals surface area contributed by atoms with Crippen molar-refractivity contribution in [2.75, 3.05) is 10.6 Å². The van der Waals surface area contributed by atoms with Crippen LogP contribution in [0.4, 0.5) is 22.7 Å². The van der Waals surface area contributed by atoms with Crippen molar-refractivity contribution < 1.29 is 9.15 Å². The first-order valence-corrected chi connectivity index (χ1v) is 17.1. The molecule has 8 aromatic carbocycles. The van der Waals surface area contributed by atoms with Crippen LogP contribution in [-0.4, -0.2) is 0 Å². The number of rotatable bonds is 8. The second-order valence-electron chi connectivity index (χ2n) is 12.7. The van der Waals surface area contributed by atoms with Crippen molar-refractivity contribution in [2.24, 2.45) is 0 Å². The molecule has 9 rings (SSSR count). The van der Waals surface area contributed by atoms with Gasteiger partial charge in [-0.05, 0) is 76.2 Å². The van der Waals surface area contributed by atoms with Crippen molar-refractivity contribution in [1.82, 2.24) is 0 Å². The minimum atomic E-state index is 0.448. The minimum absolute atomic E-state index is 0.448. The lowest BCUT2D eigenvalue weighted by molar-refractivity contribution is 0.312. The number of hydrogen-bond donors (Lipinski definition) is 1. The fourth-order valence-corrected chi connectivity index (χ4v) is 6.99. The van der Waals surface area contributed by atoms with E-state index in [0.717, 1.165) is 77.6 Å². The van der Waals surface area contributed by atoms with E-state index in [1.54, 1.807) is 0 Å². The molecular formula is C47H34N2O2. The monoisotopic (exact) mass is 658 g/mol. The number of nitrogen functional groups attached to an aromatic ring is 1. The second kappa shape index (κ2) is 12.9. The van der Waals surface area contributed by atoms with Crippen LogP contribution in [-0.2, 0) is 6.61 Å². The molecule has 0 saturated carbocycles. The van der Waals surface area contributed by atoms with Crippen LogP contribution < -0.4 is 15.4 Å². The number of hydrogen-bond acceptors (Lipinski definition) is 4. The summed E-state index contributed by atoms with van der Waals surface area (Å²) in [6, 6.07) is 63.2. The van der Waals surface area contributed by atoms with E-state index in [2.05, 4.69) is 144 Å². The van der Waals surface area contributed by atoms with Crippen LogP contribution in [0.5, 0.6) is 5.75 Å². The van der Waals surface area contributed by atoms with Gasteiger partial charge in [-0.3, -0.25) is 0 Å². The highest BCUT2D eigenvalue weighted by molar-refractivity contribution is 6.06. The molecule has 0 radical (unpaired) electrons. The molecule has 0 aliphatic rings. The highest BCUT2D eigenvalue weighted by Gasteiger charge is 2.19. The van der Waals surface area contributed by atoms with Gasteiger partial charge in [-0.1, -0.05) is 127 Å². The van der Waals surface area contributed by atoms with Gasteiger partial charge in [0.1, 0.15) is 17.8 Å². The molecule has 4 heteroatoms. The predicted molar refractivity (Wildman–Crippen MR) is 212 cm³/mol. The molecule has 1 aromatic heterocycles. The third-order valence-corrected chi connectivity index (χ3v) is 9.54. The Labute approximate surface area is 296 Å². The van der Waals surface area contributed by atoms with E-state index < -0.39 is 0 Å². The fraction of sp³-hybridized carbons (Fsp3) is 0.0213. The van der Waals surface area contributed by atoms with E-state index in [4.69, 9.17) is 14.9 Å². The lowest BCUT2D eigenvalue weighted by atomic mass is 9.99. The lowest BCUT2D eigenvalue weighted by Crippen LogP contribution is -2.11. The summed E-state index contributed by atoms with van der Waals surface area (Å²) in [7, 11) is 0. The number of para-hydroxylation sites is 2. The fourth-order valence-electron chi connectivity index (χ4n) is 6.99. The lowest BCUT2D eigenvalue weighted by Gasteiger charge is -2.28. The Morgan fingerprint density at radius 1 is 0.490 bits per heavy atom. The van der Waals surface area contributed by atoms with Crippen molar-refractivity contribution in [3.63, 3.8) is 0 Å². The molecule has 1 heterocycles. The van der Waals surface area contributed by atoms with Gasteiger partial charge in [-0.25, -0.2) is 0 Å². The molecule has 0 aliphatic heterocycles. The maximum atomic E-state index is 6.48.